The van der Waals surface area contributed by atoms with Gasteiger partial charge in [0.25, 0.3) is 0 Å². The molecule has 1 unspecified atom stereocenters. The molecule has 1 aromatic carbocycles. The van der Waals surface area contributed by atoms with E-state index in [9.17, 15) is 0 Å². The maximum absolute atomic E-state index is 5.29. The van der Waals surface area contributed by atoms with E-state index in [-0.39, 0.29) is 0 Å². The Hall–Kier alpha value is -1.02. The number of benzene rings is 1. The second kappa shape index (κ2) is 5.35. The van der Waals surface area contributed by atoms with E-state index < -0.39 is 0 Å². The highest BCUT2D eigenvalue weighted by Gasteiger charge is 2.19. The van der Waals surface area contributed by atoms with Crippen LogP contribution in [0, 0.1) is 0 Å². The normalized spacial score (nSPS) is 22.8. The van der Waals surface area contributed by atoms with Gasteiger partial charge in [-0.25, -0.2) is 0 Å². The topological polar surface area (TPSA) is 12.5 Å². The van der Waals surface area contributed by atoms with Crippen molar-refractivity contribution in [3.05, 3.63) is 29.8 Å². The molecule has 1 saturated heterocycles. The van der Waals surface area contributed by atoms with Crippen LogP contribution in [-0.4, -0.2) is 25.6 Å². The Morgan fingerprint density at radius 3 is 2.94 bits per heavy atom. The molecule has 88 valence electrons. The SMILES string of the molecule is COc1cccc(C2CCCCCN2C)c1. The summed E-state index contributed by atoms with van der Waals surface area (Å²) in [5.74, 6) is 0.968. The number of nitrogens with zero attached hydrogens (tertiary/aromatic N) is 1. The summed E-state index contributed by atoms with van der Waals surface area (Å²) in [6.45, 7) is 1.21. The van der Waals surface area contributed by atoms with E-state index in [0.29, 0.717) is 6.04 Å². The molecule has 16 heavy (non-hydrogen) atoms. The van der Waals surface area contributed by atoms with Crippen molar-refractivity contribution in [2.75, 3.05) is 20.7 Å². The number of hydrogen-bond donors (Lipinski definition) is 0. The van der Waals surface area contributed by atoms with Gasteiger partial charge in [0.2, 0.25) is 0 Å². The lowest BCUT2D eigenvalue weighted by atomic mass is 10.0. The molecule has 0 N–H and O–H groups in total. The first-order valence-corrected chi connectivity index (χ1v) is 6.15. The summed E-state index contributed by atoms with van der Waals surface area (Å²) in [4.78, 5) is 2.47. The number of likely N-dealkylation sites (tertiary alicyclic amines) is 1. The van der Waals surface area contributed by atoms with Crippen molar-refractivity contribution in [1.82, 2.24) is 4.90 Å². The third-order valence-electron chi connectivity index (χ3n) is 3.50. The van der Waals surface area contributed by atoms with Gasteiger partial charge in [-0.05, 0) is 44.1 Å². The molecule has 0 radical (unpaired) electrons. The van der Waals surface area contributed by atoms with Crippen LogP contribution in [0.4, 0.5) is 0 Å². The summed E-state index contributed by atoms with van der Waals surface area (Å²) in [5, 5.41) is 0. The molecule has 0 aliphatic carbocycles. The zero-order valence-corrected chi connectivity index (χ0v) is 10.3. The highest BCUT2D eigenvalue weighted by molar-refractivity contribution is 5.30. The van der Waals surface area contributed by atoms with Crippen LogP contribution < -0.4 is 4.74 Å². The van der Waals surface area contributed by atoms with E-state index in [4.69, 9.17) is 4.74 Å². The van der Waals surface area contributed by atoms with Gasteiger partial charge >= 0.3 is 0 Å². The minimum Gasteiger partial charge on any atom is -0.497 e. The molecular weight excluding hydrogens is 198 g/mol. The number of hydrogen-bond acceptors (Lipinski definition) is 2. The average molecular weight is 219 g/mol. The Labute approximate surface area is 98.2 Å². The lowest BCUT2D eigenvalue weighted by Crippen LogP contribution is -2.23. The van der Waals surface area contributed by atoms with E-state index in [1.807, 2.05) is 6.07 Å². The second-order valence-electron chi connectivity index (χ2n) is 4.62. The van der Waals surface area contributed by atoms with Crippen molar-refractivity contribution in [2.45, 2.75) is 31.7 Å². The molecule has 2 nitrogen and oxygen atoms in total. The Balaban J connectivity index is 2.19. The lowest BCUT2D eigenvalue weighted by Gasteiger charge is -2.26. The van der Waals surface area contributed by atoms with Gasteiger partial charge in [0.15, 0.2) is 0 Å². The largest absolute Gasteiger partial charge is 0.497 e. The summed E-state index contributed by atoms with van der Waals surface area (Å²) in [5.41, 5.74) is 1.39. The minimum atomic E-state index is 0.567. The Kier molecular flexibility index (Phi) is 3.83. The maximum Gasteiger partial charge on any atom is 0.119 e. The number of methoxy groups -OCH3 is 1. The summed E-state index contributed by atoms with van der Waals surface area (Å²) in [6, 6.07) is 9.06. The molecule has 0 amide bonds. The van der Waals surface area contributed by atoms with Crippen LogP contribution in [0.5, 0.6) is 5.75 Å². The van der Waals surface area contributed by atoms with Crippen molar-refractivity contribution in [3.8, 4) is 5.75 Å². The molecular formula is C14H21NO. The van der Waals surface area contributed by atoms with Crippen LogP contribution in [0.15, 0.2) is 24.3 Å². The van der Waals surface area contributed by atoms with Crippen LogP contribution in [0.25, 0.3) is 0 Å². The number of ether oxygens (including phenoxy) is 1. The molecule has 1 heterocycles. The standard InChI is InChI=1S/C14H21NO/c1-15-10-5-3-4-9-14(15)12-7-6-8-13(11-12)16-2/h6-8,11,14H,3-5,9-10H2,1-2H3. The van der Waals surface area contributed by atoms with Crippen molar-refractivity contribution >= 4 is 0 Å². The molecule has 1 aliphatic rings. The van der Waals surface area contributed by atoms with Crippen molar-refractivity contribution in [1.29, 1.82) is 0 Å². The van der Waals surface area contributed by atoms with Gasteiger partial charge in [-0.1, -0.05) is 25.0 Å². The van der Waals surface area contributed by atoms with E-state index in [2.05, 4.69) is 30.1 Å². The molecule has 1 fully saturated rings. The zero-order chi connectivity index (χ0) is 11.4. The van der Waals surface area contributed by atoms with Crippen LogP contribution in [0.1, 0.15) is 37.3 Å². The molecule has 1 aliphatic heterocycles. The minimum absolute atomic E-state index is 0.567. The highest BCUT2D eigenvalue weighted by Crippen LogP contribution is 2.30. The smallest absolute Gasteiger partial charge is 0.119 e. The van der Waals surface area contributed by atoms with Crippen LogP contribution >= 0.6 is 0 Å². The fourth-order valence-corrected chi connectivity index (χ4v) is 2.52. The van der Waals surface area contributed by atoms with Gasteiger partial charge in [-0.15, -0.1) is 0 Å². The molecule has 2 heteroatoms. The predicted molar refractivity (Wildman–Crippen MR) is 66.8 cm³/mol. The summed E-state index contributed by atoms with van der Waals surface area (Å²) >= 11 is 0. The molecule has 0 aromatic heterocycles. The van der Waals surface area contributed by atoms with Crippen LogP contribution in [0.2, 0.25) is 0 Å². The summed E-state index contributed by atoms with van der Waals surface area (Å²) in [7, 11) is 3.96. The predicted octanol–water partition coefficient (Wildman–Crippen LogP) is 3.24. The average Bonchev–Trinajstić information content (AvgIpc) is 2.54. The maximum atomic E-state index is 5.29. The zero-order valence-electron chi connectivity index (χ0n) is 10.3. The van der Waals surface area contributed by atoms with Gasteiger partial charge in [-0.3, -0.25) is 4.90 Å². The van der Waals surface area contributed by atoms with E-state index in [1.54, 1.807) is 7.11 Å². The monoisotopic (exact) mass is 219 g/mol. The molecule has 0 bridgehead atoms. The van der Waals surface area contributed by atoms with E-state index in [0.717, 1.165) is 5.75 Å². The van der Waals surface area contributed by atoms with Crippen LogP contribution in [-0.2, 0) is 0 Å². The van der Waals surface area contributed by atoms with Crippen molar-refractivity contribution in [3.63, 3.8) is 0 Å². The van der Waals surface area contributed by atoms with Crippen molar-refractivity contribution in [2.24, 2.45) is 0 Å². The Bertz CT molecular complexity index is 337. The first kappa shape index (κ1) is 11.5. The third-order valence-corrected chi connectivity index (χ3v) is 3.50. The summed E-state index contributed by atoms with van der Waals surface area (Å²) in [6.07, 6.45) is 5.30. The van der Waals surface area contributed by atoms with Crippen LogP contribution in [0.3, 0.4) is 0 Å². The first-order valence-electron chi connectivity index (χ1n) is 6.15. The molecule has 0 spiro atoms. The fraction of sp³-hybridized carbons (Fsp3) is 0.571. The fourth-order valence-electron chi connectivity index (χ4n) is 2.52. The van der Waals surface area contributed by atoms with Gasteiger partial charge in [0.05, 0.1) is 7.11 Å². The molecule has 1 aromatic rings. The van der Waals surface area contributed by atoms with Crippen molar-refractivity contribution < 1.29 is 4.74 Å². The summed E-state index contributed by atoms with van der Waals surface area (Å²) < 4.78 is 5.29. The third kappa shape index (κ3) is 2.56. The first-order chi connectivity index (χ1) is 7.81. The quantitative estimate of drug-likeness (QED) is 0.757. The lowest BCUT2D eigenvalue weighted by molar-refractivity contribution is 0.250. The molecule has 1 atom stereocenters. The van der Waals surface area contributed by atoms with Gasteiger partial charge in [0.1, 0.15) is 5.75 Å². The Morgan fingerprint density at radius 1 is 1.25 bits per heavy atom. The van der Waals surface area contributed by atoms with E-state index >= 15 is 0 Å². The second-order valence-corrected chi connectivity index (χ2v) is 4.62. The van der Waals surface area contributed by atoms with Gasteiger partial charge < -0.3 is 4.74 Å². The molecule has 2 rings (SSSR count). The highest BCUT2D eigenvalue weighted by atomic mass is 16.5. The van der Waals surface area contributed by atoms with E-state index in [1.165, 1.54) is 37.8 Å². The number of rotatable bonds is 2. The Morgan fingerprint density at radius 2 is 2.12 bits per heavy atom. The molecule has 0 saturated carbocycles. The van der Waals surface area contributed by atoms with Gasteiger partial charge in [-0.2, -0.15) is 0 Å². The van der Waals surface area contributed by atoms with Gasteiger partial charge in [0, 0.05) is 6.04 Å².